The topological polar surface area (TPSA) is 77.3 Å². The predicted octanol–water partition coefficient (Wildman–Crippen LogP) is 1.80. The number of carbonyl (C=O) groups is 1. The third kappa shape index (κ3) is 2.66. The molecule has 0 radical (unpaired) electrons. The van der Waals surface area contributed by atoms with Crippen LogP contribution in [0.2, 0.25) is 0 Å². The zero-order valence-electron chi connectivity index (χ0n) is 14.3. The number of nitrogens with two attached hydrogens (primary N) is 1. The highest BCUT2D eigenvalue weighted by Crippen LogP contribution is 2.37. The molecule has 122 valence electrons. The van der Waals surface area contributed by atoms with Crippen LogP contribution in [0, 0.1) is 6.92 Å². The predicted molar refractivity (Wildman–Crippen MR) is 91.7 cm³/mol. The van der Waals surface area contributed by atoms with Crippen LogP contribution in [-0.4, -0.2) is 29.2 Å². The maximum absolute atomic E-state index is 11.3. The molecular weight excluding hydrogens is 291 g/mol. The Morgan fingerprint density at radius 2 is 1.83 bits per heavy atom. The summed E-state index contributed by atoms with van der Waals surface area (Å²) in [4.78, 5) is 14.6. The Labute approximate surface area is 136 Å². The minimum absolute atomic E-state index is 0.208. The van der Waals surface area contributed by atoms with Crippen molar-refractivity contribution in [3.05, 3.63) is 29.5 Å². The highest BCUT2D eigenvalue weighted by Gasteiger charge is 2.52. The Morgan fingerprint density at radius 3 is 2.39 bits per heavy atom. The molecule has 1 aliphatic heterocycles. The van der Waals surface area contributed by atoms with E-state index < -0.39 is 7.12 Å². The van der Waals surface area contributed by atoms with E-state index in [-0.39, 0.29) is 23.5 Å². The molecule has 5 nitrogen and oxygen atoms in total. The SMILES string of the molecule is Cc1cc2c(B3OC(C)(C)C(C)(C)O3)ccc(CC(N)=O)c2[nH]1. The number of aryl methyl sites for hydroxylation is 1. The van der Waals surface area contributed by atoms with Crippen LogP contribution in [-0.2, 0) is 20.5 Å². The number of nitrogens with one attached hydrogen (secondary N) is 1. The standard InChI is InChI=1S/C17H23BN2O3/c1-10-8-12-13(18-22-16(2,3)17(4,5)23-18)7-6-11(9-14(19)21)15(12)20-10/h6-8,20H,9H2,1-5H3,(H2,19,21). The van der Waals surface area contributed by atoms with Gasteiger partial charge in [-0.25, -0.2) is 0 Å². The van der Waals surface area contributed by atoms with E-state index in [1.54, 1.807) is 0 Å². The molecule has 1 aliphatic rings. The first-order valence-corrected chi connectivity index (χ1v) is 7.86. The number of carbonyl (C=O) groups excluding carboxylic acids is 1. The summed E-state index contributed by atoms with van der Waals surface area (Å²) in [5, 5.41) is 1.01. The second kappa shape index (κ2) is 5.11. The molecule has 1 saturated heterocycles. The van der Waals surface area contributed by atoms with Crippen molar-refractivity contribution < 1.29 is 14.1 Å². The molecule has 1 amide bonds. The highest BCUT2D eigenvalue weighted by atomic mass is 16.7. The summed E-state index contributed by atoms with van der Waals surface area (Å²) in [7, 11) is -0.430. The molecule has 0 spiro atoms. The second-order valence-corrected chi connectivity index (χ2v) is 7.29. The van der Waals surface area contributed by atoms with Gasteiger partial charge < -0.3 is 20.0 Å². The van der Waals surface area contributed by atoms with Crippen LogP contribution in [0.5, 0.6) is 0 Å². The Morgan fingerprint density at radius 1 is 1.22 bits per heavy atom. The van der Waals surface area contributed by atoms with Gasteiger partial charge in [0.15, 0.2) is 0 Å². The van der Waals surface area contributed by atoms with Gasteiger partial charge in [-0.05, 0) is 57.1 Å². The third-order valence-electron chi connectivity index (χ3n) is 4.92. The first kappa shape index (κ1) is 16.1. The van der Waals surface area contributed by atoms with Crippen LogP contribution in [0.3, 0.4) is 0 Å². The van der Waals surface area contributed by atoms with Gasteiger partial charge in [-0.15, -0.1) is 0 Å². The lowest BCUT2D eigenvalue weighted by Crippen LogP contribution is -2.41. The summed E-state index contributed by atoms with van der Waals surface area (Å²) >= 11 is 0. The first-order chi connectivity index (χ1) is 10.6. The molecule has 0 saturated carbocycles. The molecule has 23 heavy (non-hydrogen) atoms. The molecule has 6 heteroatoms. The zero-order valence-corrected chi connectivity index (χ0v) is 14.3. The Hall–Kier alpha value is -1.79. The van der Waals surface area contributed by atoms with Crippen molar-refractivity contribution in [3.8, 4) is 0 Å². The van der Waals surface area contributed by atoms with E-state index in [9.17, 15) is 4.79 Å². The van der Waals surface area contributed by atoms with Crippen molar-refractivity contribution in [1.29, 1.82) is 0 Å². The van der Waals surface area contributed by atoms with Crippen LogP contribution in [0.1, 0.15) is 39.0 Å². The molecule has 1 fully saturated rings. The smallest absolute Gasteiger partial charge is 0.399 e. The number of primary amides is 1. The molecule has 1 aromatic carbocycles. The summed E-state index contributed by atoms with van der Waals surface area (Å²) in [6, 6.07) is 5.94. The number of amides is 1. The van der Waals surface area contributed by atoms with Gasteiger partial charge in [0.05, 0.1) is 17.6 Å². The van der Waals surface area contributed by atoms with Gasteiger partial charge in [-0.3, -0.25) is 4.79 Å². The van der Waals surface area contributed by atoms with Crippen molar-refractivity contribution in [2.75, 3.05) is 0 Å². The van der Waals surface area contributed by atoms with Crippen LogP contribution in [0.25, 0.3) is 10.9 Å². The van der Waals surface area contributed by atoms with E-state index in [2.05, 4.69) is 11.1 Å². The average molecular weight is 314 g/mol. The van der Waals surface area contributed by atoms with Crippen molar-refractivity contribution >= 4 is 29.4 Å². The van der Waals surface area contributed by atoms with Gasteiger partial charge in [0.1, 0.15) is 0 Å². The van der Waals surface area contributed by atoms with Gasteiger partial charge in [-0.2, -0.15) is 0 Å². The maximum Gasteiger partial charge on any atom is 0.495 e. The van der Waals surface area contributed by atoms with Gasteiger partial charge in [0.25, 0.3) is 0 Å². The fourth-order valence-electron chi connectivity index (χ4n) is 2.94. The number of hydrogen-bond acceptors (Lipinski definition) is 3. The lowest BCUT2D eigenvalue weighted by molar-refractivity contribution is -0.117. The summed E-state index contributed by atoms with van der Waals surface area (Å²) in [6.45, 7) is 10.1. The van der Waals surface area contributed by atoms with Gasteiger partial charge in [0.2, 0.25) is 5.91 Å². The van der Waals surface area contributed by atoms with E-state index in [1.165, 1.54) is 0 Å². The monoisotopic (exact) mass is 314 g/mol. The van der Waals surface area contributed by atoms with Gasteiger partial charge >= 0.3 is 7.12 Å². The summed E-state index contributed by atoms with van der Waals surface area (Å²) in [5.74, 6) is -0.345. The van der Waals surface area contributed by atoms with E-state index in [0.717, 1.165) is 27.6 Å². The molecule has 3 rings (SSSR count). The largest absolute Gasteiger partial charge is 0.495 e. The van der Waals surface area contributed by atoms with Crippen LogP contribution in [0.15, 0.2) is 18.2 Å². The first-order valence-electron chi connectivity index (χ1n) is 7.86. The number of H-pyrrole nitrogens is 1. The number of aromatic nitrogens is 1. The minimum Gasteiger partial charge on any atom is -0.399 e. The lowest BCUT2D eigenvalue weighted by atomic mass is 9.76. The van der Waals surface area contributed by atoms with Crippen LogP contribution < -0.4 is 11.2 Å². The Bertz CT molecular complexity index is 763. The molecular formula is C17H23BN2O3. The quantitative estimate of drug-likeness (QED) is 0.848. The number of fused-ring (bicyclic) bond motifs is 1. The summed E-state index contributed by atoms with van der Waals surface area (Å²) in [5.41, 5.74) is 8.38. The molecule has 0 unspecified atom stereocenters. The Kier molecular flexibility index (Phi) is 3.57. The van der Waals surface area contributed by atoms with E-state index in [4.69, 9.17) is 15.0 Å². The van der Waals surface area contributed by atoms with Gasteiger partial charge in [-0.1, -0.05) is 12.1 Å². The molecule has 0 atom stereocenters. The van der Waals surface area contributed by atoms with Crippen molar-refractivity contribution in [3.63, 3.8) is 0 Å². The maximum atomic E-state index is 11.3. The second-order valence-electron chi connectivity index (χ2n) is 7.29. The van der Waals surface area contributed by atoms with E-state index in [1.807, 2.05) is 46.8 Å². The molecule has 2 aromatic rings. The Balaban J connectivity index is 2.08. The molecule has 0 bridgehead atoms. The summed E-state index contributed by atoms with van der Waals surface area (Å²) < 4.78 is 12.3. The fourth-order valence-corrected chi connectivity index (χ4v) is 2.94. The number of rotatable bonds is 3. The van der Waals surface area contributed by atoms with E-state index in [0.29, 0.717) is 0 Å². The normalized spacial score (nSPS) is 19.4. The average Bonchev–Trinajstić information content (AvgIpc) is 2.87. The molecule has 3 N–H and O–H groups in total. The number of benzene rings is 1. The van der Waals surface area contributed by atoms with Crippen LogP contribution in [0.4, 0.5) is 0 Å². The lowest BCUT2D eigenvalue weighted by Gasteiger charge is -2.32. The van der Waals surface area contributed by atoms with Crippen LogP contribution >= 0.6 is 0 Å². The van der Waals surface area contributed by atoms with Gasteiger partial charge in [0, 0.05) is 11.2 Å². The minimum atomic E-state index is -0.430. The molecule has 1 aromatic heterocycles. The number of hydrogen-bond donors (Lipinski definition) is 2. The van der Waals surface area contributed by atoms with Crippen molar-refractivity contribution in [1.82, 2.24) is 4.98 Å². The summed E-state index contributed by atoms with van der Waals surface area (Å²) in [6.07, 6.45) is 0.208. The fraction of sp³-hybridized carbons (Fsp3) is 0.471. The number of aromatic amines is 1. The van der Waals surface area contributed by atoms with E-state index >= 15 is 0 Å². The molecule has 2 heterocycles. The zero-order chi connectivity index (χ0) is 17.0. The van der Waals surface area contributed by atoms with Crippen molar-refractivity contribution in [2.24, 2.45) is 5.73 Å². The highest BCUT2D eigenvalue weighted by molar-refractivity contribution is 6.65. The molecule has 0 aliphatic carbocycles. The third-order valence-corrected chi connectivity index (χ3v) is 4.92. The van der Waals surface area contributed by atoms with Crippen molar-refractivity contribution in [2.45, 2.75) is 52.2 Å².